The van der Waals surface area contributed by atoms with E-state index in [0.29, 0.717) is 0 Å². The number of thiophene rings is 1. The van der Waals surface area contributed by atoms with Gasteiger partial charge in [0.25, 0.3) is 0 Å². The summed E-state index contributed by atoms with van der Waals surface area (Å²) >= 11 is 6.33. The van der Waals surface area contributed by atoms with Crippen molar-refractivity contribution in [2.45, 2.75) is 25.3 Å². The van der Waals surface area contributed by atoms with Crippen molar-refractivity contribution in [3.63, 3.8) is 0 Å². The molecule has 0 saturated heterocycles. The third kappa shape index (κ3) is 3.51. The van der Waals surface area contributed by atoms with Gasteiger partial charge in [0.1, 0.15) is 0 Å². The third-order valence-electron chi connectivity index (χ3n) is 2.99. The maximum absolute atomic E-state index is 11.8. The number of thiocarbonyl (C=S) groups is 1. The molecule has 1 aliphatic rings. The fraction of sp³-hybridized carbons (Fsp3) is 0.417. The molecule has 7 heteroatoms. The van der Waals surface area contributed by atoms with E-state index >= 15 is 0 Å². The average molecular weight is 297 g/mol. The van der Waals surface area contributed by atoms with Gasteiger partial charge in [-0.3, -0.25) is 9.59 Å². The fourth-order valence-corrected chi connectivity index (χ4v) is 3.17. The van der Waals surface area contributed by atoms with Crippen LogP contribution in [0, 0.1) is 0 Å². The first-order valence-electron chi connectivity index (χ1n) is 6.01. The number of hydrogen-bond donors (Lipinski definition) is 3. The highest BCUT2D eigenvalue weighted by atomic mass is 32.1. The van der Waals surface area contributed by atoms with Crippen LogP contribution in [-0.2, 0) is 16.0 Å². The SMILES string of the molecule is NC(=S)CNC(=O)C(=O)NC1CCCc2sccc21. The van der Waals surface area contributed by atoms with E-state index in [-0.39, 0.29) is 17.6 Å². The van der Waals surface area contributed by atoms with Crippen molar-refractivity contribution < 1.29 is 9.59 Å². The minimum Gasteiger partial charge on any atom is -0.392 e. The molecule has 1 aromatic rings. The molecule has 0 aromatic carbocycles. The van der Waals surface area contributed by atoms with E-state index in [1.807, 2.05) is 11.4 Å². The van der Waals surface area contributed by atoms with Gasteiger partial charge in [-0.15, -0.1) is 11.3 Å². The van der Waals surface area contributed by atoms with Crippen molar-refractivity contribution in [2.24, 2.45) is 5.73 Å². The number of rotatable bonds is 3. The van der Waals surface area contributed by atoms with Crippen LogP contribution in [0.15, 0.2) is 11.4 Å². The van der Waals surface area contributed by atoms with Crippen molar-refractivity contribution in [3.8, 4) is 0 Å². The van der Waals surface area contributed by atoms with Crippen LogP contribution in [0.1, 0.15) is 29.3 Å². The Labute approximate surface area is 120 Å². The van der Waals surface area contributed by atoms with Gasteiger partial charge in [-0.2, -0.15) is 0 Å². The summed E-state index contributed by atoms with van der Waals surface area (Å²) in [5, 5.41) is 7.15. The summed E-state index contributed by atoms with van der Waals surface area (Å²) in [5.41, 5.74) is 6.39. The molecule has 1 atom stereocenters. The van der Waals surface area contributed by atoms with Crippen molar-refractivity contribution >= 4 is 40.4 Å². The topological polar surface area (TPSA) is 84.2 Å². The Kier molecular flexibility index (Phi) is 4.49. The standard InChI is InChI=1S/C12H15N3O2S2/c13-10(18)6-14-11(16)12(17)15-8-2-1-3-9-7(8)4-5-19-9/h4-5,8H,1-3,6H2,(H2,13,18)(H,14,16)(H,15,17). The number of nitrogens with one attached hydrogen (secondary N) is 2. The number of aryl methyl sites for hydroxylation is 1. The highest BCUT2D eigenvalue weighted by molar-refractivity contribution is 7.80. The van der Waals surface area contributed by atoms with Crippen LogP contribution in [-0.4, -0.2) is 23.3 Å². The highest BCUT2D eigenvalue weighted by Crippen LogP contribution is 2.33. The van der Waals surface area contributed by atoms with E-state index in [9.17, 15) is 9.59 Å². The van der Waals surface area contributed by atoms with Crippen LogP contribution >= 0.6 is 23.6 Å². The van der Waals surface area contributed by atoms with Gasteiger partial charge in [-0.25, -0.2) is 0 Å². The molecule has 0 bridgehead atoms. The Morgan fingerprint density at radius 3 is 3.00 bits per heavy atom. The molecule has 0 aliphatic heterocycles. The molecule has 0 spiro atoms. The van der Waals surface area contributed by atoms with Crippen molar-refractivity contribution in [1.82, 2.24) is 10.6 Å². The summed E-state index contributed by atoms with van der Waals surface area (Å²) in [5.74, 6) is -1.34. The summed E-state index contributed by atoms with van der Waals surface area (Å²) in [6.07, 6.45) is 2.93. The molecule has 0 radical (unpaired) electrons. The Bertz CT molecular complexity index is 513. The predicted molar refractivity (Wildman–Crippen MR) is 77.9 cm³/mol. The lowest BCUT2D eigenvalue weighted by Gasteiger charge is -2.23. The quantitative estimate of drug-likeness (QED) is 0.565. The molecular formula is C12H15N3O2S2. The molecule has 102 valence electrons. The van der Waals surface area contributed by atoms with E-state index in [1.54, 1.807) is 11.3 Å². The molecule has 1 unspecified atom stereocenters. The van der Waals surface area contributed by atoms with Gasteiger partial charge < -0.3 is 16.4 Å². The van der Waals surface area contributed by atoms with E-state index in [1.165, 1.54) is 4.88 Å². The molecule has 2 rings (SSSR count). The minimum atomic E-state index is -0.699. The highest BCUT2D eigenvalue weighted by Gasteiger charge is 2.25. The fourth-order valence-electron chi connectivity index (χ4n) is 2.11. The average Bonchev–Trinajstić information content (AvgIpc) is 2.85. The zero-order valence-corrected chi connectivity index (χ0v) is 11.9. The first kappa shape index (κ1) is 14.0. The molecule has 0 saturated carbocycles. The summed E-state index contributed by atoms with van der Waals surface area (Å²) in [6.45, 7) is 0.0377. The van der Waals surface area contributed by atoms with Gasteiger partial charge in [0, 0.05) is 4.88 Å². The molecule has 19 heavy (non-hydrogen) atoms. The van der Waals surface area contributed by atoms with Crippen molar-refractivity contribution in [1.29, 1.82) is 0 Å². The number of amides is 2. The first-order valence-corrected chi connectivity index (χ1v) is 7.30. The van der Waals surface area contributed by atoms with E-state index in [4.69, 9.17) is 5.73 Å². The Morgan fingerprint density at radius 2 is 2.26 bits per heavy atom. The Balaban J connectivity index is 1.93. The van der Waals surface area contributed by atoms with Crippen LogP contribution in [0.5, 0.6) is 0 Å². The smallest absolute Gasteiger partial charge is 0.309 e. The third-order valence-corrected chi connectivity index (χ3v) is 4.13. The molecular weight excluding hydrogens is 282 g/mol. The van der Waals surface area contributed by atoms with E-state index in [2.05, 4.69) is 22.9 Å². The molecule has 1 aromatic heterocycles. The summed E-state index contributed by atoms with van der Waals surface area (Å²) in [7, 11) is 0. The molecule has 5 nitrogen and oxygen atoms in total. The van der Waals surface area contributed by atoms with Crippen LogP contribution in [0.25, 0.3) is 0 Å². The van der Waals surface area contributed by atoms with Crippen molar-refractivity contribution in [3.05, 3.63) is 21.9 Å². The molecule has 2 amide bonds. The maximum atomic E-state index is 11.8. The summed E-state index contributed by atoms with van der Waals surface area (Å²) in [4.78, 5) is 24.7. The number of nitrogens with two attached hydrogens (primary N) is 1. The van der Waals surface area contributed by atoms with E-state index < -0.39 is 11.8 Å². The van der Waals surface area contributed by atoms with Gasteiger partial charge >= 0.3 is 11.8 Å². The zero-order chi connectivity index (χ0) is 13.8. The molecule has 1 aliphatic carbocycles. The van der Waals surface area contributed by atoms with Gasteiger partial charge in [0.2, 0.25) is 0 Å². The largest absolute Gasteiger partial charge is 0.392 e. The minimum absolute atomic E-state index is 0.0377. The van der Waals surface area contributed by atoms with Gasteiger partial charge in [0.15, 0.2) is 0 Å². The number of carbonyl (C=O) groups excluding carboxylic acids is 2. The van der Waals surface area contributed by atoms with Crippen molar-refractivity contribution in [2.75, 3.05) is 6.54 Å². The molecule has 0 fully saturated rings. The van der Waals surface area contributed by atoms with Gasteiger partial charge in [-0.1, -0.05) is 12.2 Å². The molecule has 1 heterocycles. The Hall–Kier alpha value is -1.47. The maximum Gasteiger partial charge on any atom is 0.309 e. The lowest BCUT2D eigenvalue weighted by molar-refractivity contribution is -0.139. The lowest BCUT2D eigenvalue weighted by atomic mass is 9.94. The lowest BCUT2D eigenvalue weighted by Crippen LogP contribution is -2.44. The van der Waals surface area contributed by atoms with Crippen LogP contribution < -0.4 is 16.4 Å². The van der Waals surface area contributed by atoms with Crippen LogP contribution in [0.2, 0.25) is 0 Å². The van der Waals surface area contributed by atoms with Gasteiger partial charge in [0.05, 0.1) is 17.6 Å². The number of carbonyl (C=O) groups is 2. The van der Waals surface area contributed by atoms with E-state index in [0.717, 1.165) is 24.8 Å². The van der Waals surface area contributed by atoms with Crippen LogP contribution in [0.4, 0.5) is 0 Å². The van der Waals surface area contributed by atoms with Gasteiger partial charge in [-0.05, 0) is 36.3 Å². The second-order valence-electron chi connectivity index (χ2n) is 4.37. The summed E-state index contributed by atoms with van der Waals surface area (Å²) < 4.78 is 0. The second kappa shape index (κ2) is 6.12. The second-order valence-corrected chi connectivity index (χ2v) is 5.89. The Morgan fingerprint density at radius 1 is 1.47 bits per heavy atom. The number of fused-ring (bicyclic) bond motifs is 1. The molecule has 4 N–H and O–H groups in total. The predicted octanol–water partition coefficient (Wildman–Crippen LogP) is 0.644. The zero-order valence-electron chi connectivity index (χ0n) is 10.3. The monoisotopic (exact) mass is 297 g/mol. The first-order chi connectivity index (χ1) is 9.08. The van der Waals surface area contributed by atoms with Crippen LogP contribution in [0.3, 0.4) is 0 Å². The normalized spacial score (nSPS) is 17.4. The number of hydrogen-bond acceptors (Lipinski definition) is 4. The summed E-state index contributed by atoms with van der Waals surface area (Å²) in [6, 6.07) is 1.94.